The summed E-state index contributed by atoms with van der Waals surface area (Å²) in [6, 6.07) is 0. The van der Waals surface area contributed by atoms with Crippen LogP contribution in [0.25, 0.3) is 0 Å². The van der Waals surface area contributed by atoms with E-state index in [1.165, 1.54) is 6.92 Å². The van der Waals surface area contributed by atoms with E-state index in [0.717, 1.165) is 0 Å². The third-order valence-corrected chi connectivity index (χ3v) is 1.92. The maximum Gasteiger partial charge on any atom is 0.282 e. The van der Waals surface area contributed by atoms with E-state index >= 15 is 0 Å². The fourth-order valence-corrected chi connectivity index (χ4v) is 0.401. The van der Waals surface area contributed by atoms with Crippen molar-refractivity contribution in [1.82, 2.24) is 0 Å². The van der Waals surface area contributed by atoms with E-state index in [1.54, 1.807) is 0 Å². The second-order valence-corrected chi connectivity index (χ2v) is 3.11. The minimum absolute atomic E-state index is 0. The summed E-state index contributed by atoms with van der Waals surface area (Å²) in [5.41, 5.74) is 0. The Morgan fingerprint density at radius 1 is 1.62 bits per heavy atom. The van der Waals surface area contributed by atoms with Crippen molar-refractivity contribution in [1.29, 1.82) is 0 Å². The molecule has 0 amide bonds. The van der Waals surface area contributed by atoms with Crippen LogP contribution in [0.4, 0.5) is 0 Å². The van der Waals surface area contributed by atoms with Crippen molar-refractivity contribution in [2.45, 2.75) is 6.92 Å². The summed E-state index contributed by atoms with van der Waals surface area (Å²) in [4.78, 5) is 0. The molecule has 0 bridgehead atoms. The predicted molar refractivity (Wildman–Crippen MR) is 32.2 cm³/mol. The molecule has 3 nitrogen and oxygen atoms in total. The van der Waals surface area contributed by atoms with E-state index in [2.05, 4.69) is 15.6 Å². The fraction of sp³-hybridized carbons (Fsp3) is 1.00. The molecule has 0 aliphatic rings. The third-order valence-electron chi connectivity index (χ3n) is 0.450. The van der Waals surface area contributed by atoms with Crippen LogP contribution in [0.15, 0.2) is 0 Å². The van der Waals surface area contributed by atoms with Crippen LogP contribution >= 0.6 is 11.9 Å². The molecular formula is C2H5ClKO3S. The summed E-state index contributed by atoms with van der Waals surface area (Å²) in [7, 11) is -3.39. The summed E-state index contributed by atoms with van der Waals surface area (Å²) in [5, 5.41) is 0. The van der Waals surface area contributed by atoms with Gasteiger partial charge in [0.25, 0.3) is 10.1 Å². The van der Waals surface area contributed by atoms with Crippen LogP contribution in [0.1, 0.15) is 6.92 Å². The minimum Gasteiger partial charge on any atom is -0.198 e. The van der Waals surface area contributed by atoms with Gasteiger partial charge < -0.3 is 0 Å². The zero-order valence-electron chi connectivity index (χ0n) is 4.72. The molecule has 0 aromatic carbocycles. The first kappa shape index (κ1) is 12.5. The van der Waals surface area contributed by atoms with E-state index in [4.69, 9.17) is 0 Å². The molecule has 6 heteroatoms. The first-order valence-corrected chi connectivity index (χ1v) is 3.54. The van der Waals surface area contributed by atoms with Gasteiger partial charge in [0.15, 0.2) is 0 Å². The Bertz CT molecular complexity index is 120. The smallest absolute Gasteiger partial charge is 0.198 e. The van der Waals surface area contributed by atoms with Crippen molar-refractivity contribution in [2.24, 2.45) is 0 Å². The van der Waals surface area contributed by atoms with Crippen molar-refractivity contribution >= 4 is 73.4 Å². The molecular weight excluding hydrogens is 179 g/mol. The van der Waals surface area contributed by atoms with Crippen molar-refractivity contribution in [3.8, 4) is 0 Å². The van der Waals surface area contributed by atoms with Crippen LogP contribution in [0, 0.1) is 0 Å². The maximum atomic E-state index is 10.0. The van der Waals surface area contributed by atoms with Gasteiger partial charge in [-0.1, -0.05) is 0 Å². The molecule has 0 unspecified atom stereocenters. The Balaban J connectivity index is 0. The van der Waals surface area contributed by atoms with Gasteiger partial charge >= 0.3 is 0 Å². The predicted octanol–water partition coefficient (Wildman–Crippen LogP) is 0.126. The molecule has 0 rings (SSSR count). The summed E-state index contributed by atoms with van der Waals surface area (Å²) >= 11 is 4.51. The molecule has 0 heterocycles. The molecule has 0 aromatic rings. The van der Waals surface area contributed by atoms with Gasteiger partial charge in [0.1, 0.15) is 0 Å². The van der Waals surface area contributed by atoms with Crippen molar-refractivity contribution < 1.29 is 12.2 Å². The summed E-state index contributed by atoms with van der Waals surface area (Å²) in [5.74, 6) is -0.0868. The zero-order chi connectivity index (χ0) is 5.91. The van der Waals surface area contributed by atoms with Crippen molar-refractivity contribution in [3.05, 3.63) is 0 Å². The molecule has 1 radical (unpaired) electrons. The largest absolute Gasteiger partial charge is 0.282 e. The van der Waals surface area contributed by atoms with Gasteiger partial charge in [-0.3, -0.25) is 0 Å². The third kappa shape index (κ3) is 5.96. The first-order chi connectivity index (χ1) is 3.12. The second kappa shape index (κ2) is 5.61. The van der Waals surface area contributed by atoms with Crippen LogP contribution in [0.3, 0.4) is 0 Å². The van der Waals surface area contributed by atoms with E-state index in [1.807, 2.05) is 0 Å². The molecule has 0 saturated heterocycles. The molecule has 0 spiro atoms. The average Bonchev–Trinajstić information content (AvgIpc) is 1.68. The van der Waals surface area contributed by atoms with Gasteiger partial charge in [0, 0.05) is 51.4 Å². The molecule has 45 valence electrons. The summed E-state index contributed by atoms with van der Waals surface area (Å²) < 4.78 is 23.6. The second-order valence-electron chi connectivity index (χ2n) is 0.909. The van der Waals surface area contributed by atoms with Gasteiger partial charge in [0.05, 0.1) is 17.6 Å². The number of hydrogen-bond donors (Lipinski definition) is 0. The van der Waals surface area contributed by atoms with Crippen LogP contribution in [-0.4, -0.2) is 65.6 Å². The molecule has 0 aliphatic carbocycles. The quantitative estimate of drug-likeness (QED) is 0.572. The van der Waals surface area contributed by atoms with E-state index < -0.39 is 10.1 Å². The Kier molecular flexibility index (Phi) is 8.77. The van der Waals surface area contributed by atoms with Gasteiger partial charge in [-0.25, -0.2) is 0 Å². The summed E-state index contributed by atoms with van der Waals surface area (Å²) in [6.07, 6.45) is 0. The molecule has 0 atom stereocenters. The molecule has 8 heavy (non-hydrogen) atoms. The maximum absolute atomic E-state index is 10.0. The average molecular weight is 184 g/mol. The van der Waals surface area contributed by atoms with Gasteiger partial charge in [-0.15, -0.1) is 0 Å². The fourth-order valence-electron chi connectivity index (χ4n) is 0.0445. The van der Waals surface area contributed by atoms with E-state index in [0.29, 0.717) is 0 Å². The van der Waals surface area contributed by atoms with E-state index in [-0.39, 0.29) is 57.1 Å². The normalized spacial score (nSPS) is 10.2. The Morgan fingerprint density at radius 2 is 2.00 bits per heavy atom. The molecule has 0 aromatic heterocycles. The Morgan fingerprint density at radius 3 is 2.00 bits per heavy atom. The summed E-state index contributed by atoms with van der Waals surface area (Å²) in [6.45, 7) is 1.44. The molecule has 0 fully saturated rings. The molecule has 0 N–H and O–H groups in total. The van der Waals surface area contributed by atoms with Gasteiger partial charge in [0.2, 0.25) is 0 Å². The van der Waals surface area contributed by atoms with E-state index in [9.17, 15) is 8.42 Å². The number of hydrogen-bond acceptors (Lipinski definition) is 3. The minimum atomic E-state index is -3.39. The first-order valence-electron chi connectivity index (χ1n) is 1.65. The van der Waals surface area contributed by atoms with Crippen LogP contribution in [0.5, 0.6) is 0 Å². The topological polar surface area (TPSA) is 43.4 Å². The van der Waals surface area contributed by atoms with Gasteiger partial charge in [-0.2, -0.15) is 12.2 Å². The monoisotopic (exact) mass is 183 g/mol. The standard InChI is InChI=1S/C2H5ClO3S.K/c1-2-7(4,5)6-3;/h2H2,1H3;. The zero-order valence-corrected chi connectivity index (χ0v) is 9.41. The van der Waals surface area contributed by atoms with Crippen LogP contribution in [0.2, 0.25) is 0 Å². The van der Waals surface area contributed by atoms with Crippen molar-refractivity contribution in [3.63, 3.8) is 0 Å². The van der Waals surface area contributed by atoms with Crippen LogP contribution < -0.4 is 0 Å². The van der Waals surface area contributed by atoms with Gasteiger partial charge in [-0.05, 0) is 6.92 Å². The van der Waals surface area contributed by atoms with Crippen LogP contribution in [-0.2, 0) is 13.9 Å². The number of rotatable bonds is 2. The Hall–Kier alpha value is 1.84. The molecule has 0 aliphatic heterocycles. The Labute approximate surface area is 96.5 Å². The van der Waals surface area contributed by atoms with Crippen molar-refractivity contribution in [2.75, 3.05) is 5.75 Å². The SMILES string of the molecule is CCS(=O)(=O)OCl.[K]. The number of halogens is 1. The molecule has 0 saturated carbocycles.